The van der Waals surface area contributed by atoms with E-state index in [1.54, 1.807) is 0 Å². The highest BCUT2D eigenvalue weighted by Crippen LogP contribution is 2.31. The predicted molar refractivity (Wildman–Crippen MR) is 58.3 cm³/mol. The van der Waals surface area contributed by atoms with E-state index in [4.69, 9.17) is 4.74 Å². The summed E-state index contributed by atoms with van der Waals surface area (Å²) in [6.45, 7) is 2.24. The zero-order valence-corrected chi connectivity index (χ0v) is 9.30. The van der Waals surface area contributed by atoms with Crippen LogP contribution in [0.5, 0.6) is 0 Å². The van der Waals surface area contributed by atoms with Crippen molar-refractivity contribution in [3.63, 3.8) is 0 Å². The van der Waals surface area contributed by atoms with Crippen LogP contribution in [0.3, 0.4) is 0 Å². The number of ether oxygens (including phenoxy) is 1. The van der Waals surface area contributed by atoms with Gasteiger partial charge in [0.25, 0.3) is 0 Å². The van der Waals surface area contributed by atoms with Gasteiger partial charge in [-0.05, 0) is 18.3 Å². The van der Waals surface area contributed by atoms with Crippen molar-refractivity contribution in [1.82, 2.24) is 5.32 Å². The molecule has 0 radical (unpaired) electrons. The lowest BCUT2D eigenvalue weighted by Gasteiger charge is -2.26. The Kier molecular flexibility index (Phi) is 3.82. The van der Waals surface area contributed by atoms with Crippen LogP contribution in [0.15, 0.2) is 0 Å². The first kappa shape index (κ1) is 10.4. The summed E-state index contributed by atoms with van der Waals surface area (Å²) in [6.07, 6.45) is 9.19. The third-order valence-corrected chi connectivity index (χ3v) is 3.94. The van der Waals surface area contributed by atoms with Gasteiger partial charge >= 0.3 is 0 Å². The van der Waals surface area contributed by atoms with Crippen LogP contribution in [0.1, 0.15) is 38.5 Å². The minimum atomic E-state index is 0.483. The molecule has 0 aromatic heterocycles. The summed E-state index contributed by atoms with van der Waals surface area (Å²) < 4.78 is 5.50. The molecule has 0 spiro atoms. The molecule has 0 bridgehead atoms. The summed E-state index contributed by atoms with van der Waals surface area (Å²) in [5.74, 6) is 1.77. The SMILES string of the molecule is COC1CNCC1CC1CCCCC1. The van der Waals surface area contributed by atoms with Crippen LogP contribution < -0.4 is 5.32 Å². The van der Waals surface area contributed by atoms with E-state index in [1.165, 1.54) is 45.1 Å². The van der Waals surface area contributed by atoms with Gasteiger partial charge in [0.1, 0.15) is 0 Å². The molecule has 2 aliphatic rings. The van der Waals surface area contributed by atoms with E-state index in [1.807, 2.05) is 7.11 Å². The van der Waals surface area contributed by atoms with Crippen molar-refractivity contribution in [1.29, 1.82) is 0 Å². The highest BCUT2D eigenvalue weighted by atomic mass is 16.5. The van der Waals surface area contributed by atoms with Gasteiger partial charge in [0, 0.05) is 20.2 Å². The zero-order chi connectivity index (χ0) is 9.80. The van der Waals surface area contributed by atoms with Crippen molar-refractivity contribution >= 4 is 0 Å². The molecule has 1 heterocycles. The number of hydrogen-bond donors (Lipinski definition) is 1. The van der Waals surface area contributed by atoms with Crippen LogP contribution in [-0.2, 0) is 4.74 Å². The quantitative estimate of drug-likeness (QED) is 0.749. The zero-order valence-electron chi connectivity index (χ0n) is 9.30. The molecule has 2 unspecified atom stereocenters. The molecular weight excluding hydrogens is 174 g/mol. The Morgan fingerprint density at radius 3 is 2.64 bits per heavy atom. The van der Waals surface area contributed by atoms with Crippen LogP contribution in [0.4, 0.5) is 0 Å². The molecule has 1 N–H and O–H groups in total. The van der Waals surface area contributed by atoms with Crippen molar-refractivity contribution < 1.29 is 4.74 Å². The highest BCUT2D eigenvalue weighted by molar-refractivity contribution is 4.84. The fourth-order valence-corrected chi connectivity index (χ4v) is 3.07. The monoisotopic (exact) mass is 197 g/mol. The Hall–Kier alpha value is -0.0800. The van der Waals surface area contributed by atoms with Gasteiger partial charge < -0.3 is 10.1 Å². The molecule has 0 aromatic rings. The molecule has 1 saturated heterocycles. The van der Waals surface area contributed by atoms with Gasteiger partial charge in [-0.15, -0.1) is 0 Å². The maximum Gasteiger partial charge on any atom is 0.0735 e. The summed E-state index contributed by atoms with van der Waals surface area (Å²) in [5, 5.41) is 3.44. The van der Waals surface area contributed by atoms with E-state index in [9.17, 15) is 0 Å². The first-order valence-electron chi connectivity index (χ1n) is 6.13. The molecule has 2 rings (SSSR count). The van der Waals surface area contributed by atoms with Crippen LogP contribution in [0.2, 0.25) is 0 Å². The third kappa shape index (κ3) is 2.48. The van der Waals surface area contributed by atoms with E-state index in [2.05, 4.69) is 5.32 Å². The summed E-state index contributed by atoms with van der Waals surface area (Å²) in [4.78, 5) is 0. The molecule has 2 fully saturated rings. The average Bonchev–Trinajstić information content (AvgIpc) is 2.67. The standard InChI is InChI=1S/C12H23NO/c1-14-12-9-13-8-11(12)7-10-5-3-2-4-6-10/h10-13H,2-9H2,1H3. The van der Waals surface area contributed by atoms with Gasteiger partial charge in [-0.25, -0.2) is 0 Å². The highest BCUT2D eigenvalue weighted by Gasteiger charge is 2.29. The lowest BCUT2D eigenvalue weighted by atomic mass is 9.82. The Balaban J connectivity index is 1.77. The maximum atomic E-state index is 5.50. The second kappa shape index (κ2) is 5.13. The number of nitrogens with one attached hydrogen (secondary N) is 1. The number of rotatable bonds is 3. The normalized spacial score (nSPS) is 34.9. The molecule has 2 nitrogen and oxygen atoms in total. The summed E-state index contributed by atoms with van der Waals surface area (Å²) >= 11 is 0. The second-order valence-electron chi connectivity index (χ2n) is 4.93. The number of methoxy groups -OCH3 is 1. The molecule has 2 heteroatoms. The van der Waals surface area contributed by atoms with Crippen molar-refractivity contribution in [2.45, 2.75) is 44.6 Å². The van der Waals surface area contributed by atoms with Gasteiger partial charge in [-0.3, -0.25) is 0 Å². The minimum Gasteiger partial charge on any atom is -0.380 e. The average molecular weight is 197 g/mol. The maximum absolute atomic E-state index is 5.50. The molecule has 1 aliphatic carbocycles. The van der Waals surface area contributed by atoms with Crippen molar-refractivity contribution in [3.05, 3.63) is 0 Å². The molecular formula is C12H23NO. The third-order valence-electron chi connectivity index (χ3n) is 3.94. The molecule has 0 amide bonds. The predicted octanol–water partition coefficient (Wildman–Crippen LogP) is 2.19. The topological polar surface area (TPSA) is 21.3 Å². The van der Waals surface area contributed by atoms with Crippen LogP contribution in [0.25, 0.3) is 0 Å². The second-order valence-corrected chi connectivity index (χ2v) is 4.93. The van der Waals surface area contributed by atoms with Crippen molar-refractivity contribution in [2.75, 3.05) is 20.2 Å². The van der Waals surface area contributed by atoms with E-state index >= 15 is 0 Å². The van der Waals surface area contributed by atoms with Gasteiger partial charge in [-0.1, -0.05) is 32.1 Å². The lowest BCUT2D eigenvalue weighted by molar-refractivity contribution is 0.0705. The van der Waals surface area contributed by atoms with Gasteiger partial charge in [0.05, 0.1) is 6.10 Å². The fraction of sp³-hybridized carbons (Fsp3) is 1.00. The van der Waals surface area contributed by atoms with Crippen molar-refractivity contribution in [3.8, 4) is 0 Å². The van der Waals surface area contributed by atoms with E-state index in [-0.39, 0.29) is 0 Å². The summed E-state index contributed by atoms with van der Waals surface area (Å²) in [5.41, 5.74) is 0. The molecule has 82 valence electrons. The van der Waals surface area contributed by atoms with Crippen LogP contribution in [-0.4, -0.2) is 26.3 Å². The van der Waals surface area contributed by atoms with Gasteiger partial charge in [-0.2, -0.15) is 0 Å². The summed E-state index contributed by atoms with van der Waals surface area (Å²) in [6, 6.07) is 0. The Morgan fingerprint density at radius 1 is 1.14 bits per heavy atom. The molecule has 2 atom stereocenters. The van der Waals surface area contributed by atoms with Gasteiger partial charge in [0.15, 0.2) is 0 Å². The van der Waals surface area contributed by atoms with E-state index in [0.29, 0.717) is 6.10 Å². The minimum absolute atomic E-state index is 0.483. The Morgan fingerprint density at radius 2 is 1.93 bits per heavy atom. The molecule has 1 saturated carbocycles. The Labute approximate surface area is 87.4 Å². The first-order valence-corrected chi connectivity index (χ1v) is 6.13. The van der Waals surface area contributed by atoms with E-state index in [0.717, 1.165) is 18.4 Å². The van der Waals surface area contributed by atoms with Crippen LogP contribution in [0, 0.1) is 11.8 Å². The summed E-state index contributed by atoms with van der Waals surface area (Å²) in [7, 11) is 1.85. The lowest BCUT2D eigenvalue weighted by Crippen LogP contribution is -2.24. The molecule has 1 aliphatic heterocycles. The molecule has 14 heavy (non-hydrogen) atoms. The first-order chi connectivity index (χ1) is 6.90. The fourth-order valence-electron chi connectivity index (χ4n) is 3.07. The van der Waals surface area contributed by atoms with Gasteiger partial charge in [0.2, 0.25) is 0 Å². The largest absolute Gasteiger partial charge is 0.380 e. The van der Waals surface area contributed by atoms with Crippen LogP contribution >= 0.6 is 0 Å². The van der Waals surface area contributed by atoms with Crippen molar-refractivity contribution in [2.24, 2.45) is 11.8 Å². The number of hydrogen-bond acceptors (Lipinski definition) is 2. The molecule has 0 aromatic carbocycles. The smallest absolute Gasteiger partial charge is 0.0735 e. The van der Waals surface area contributed by atoms with E-state index < -0.39 is 0 Å². The Bertz CT molecular complexity index is 166.